The van der Waals surface area contributed by atoms with Gasteiger partial charge in [0, 0.05) is 11.6 Å². The Hall–Kier alpha value is -2.16. The maximum atomic E-state index is 13.4. The Kier molecular flexibility index (Phi) is 6.57. The highest BCUT2D eigenvalue weighted by Gasteiger charge is 2.25. The number of methoxy groups -OCH3 is 1. The molecule has 0 aliphatic heterocycles. The molecule has 2 N–H and O–H groups in total. The molecule has 1 unspecified atom stereocenters. The van der Waals surface area contributed by atoms with E-state index in [4.69, 9.17) is 16.3 Å². The van der Waals surface area contributed by atoms with E-state index in [2.05, 4.69) is 10.0 Å². The Bertz CT molecular complexity index is 888. The van der Waals surface area contributed by atoms with E-state index in [1.807, 2.05) is 0 Å². The van der Waals surface area contributed by atoms with Crippen molar-refractivity contribution in [3.8, 4) is 5.75 Å². The molecule has 26 heavy (non-hydrogen) atoms. The minimum absolute atomic E-state index is 0.0207. The fraction of sp³-hybridized carbons (Fsp3) is 0.235. The summed E-state index contributed by atoms with van der Waals surface area (Å²) in [5.74, 6) is -1.28. The van der Waals surface area contributed by atoms with E-state index in [0.29, 0.717) is 5.02 Å². The van der Waals surface area contributed by atoms with Crippen LogP contribution in [0.5, 0.6) is 5.75 Å². The van der Waals surface area contributed by atoms with Crippen molar-refractivity contribution in [1.82, 2.24) is 10.0 Å². The largest absolute Gasteiger partial charge is 0.495 e. The number of hydrogen-bond acceptors (Lipinski definition) is 4. The second-order valence-corrected chi connectivity index (χ2v) is 7.60. The first-order chi connectivity index (χ1) is 12.2. The number of carbonyl (C=O) groups excluding carboxylic acids is 1. The number of halogens is 2. The Morgan fingerprint density at radius 3 is 2.50 bits per heavy atom. The van der Waals surface area contributed by atoms with Gasteiger partial charge >= 0.3 is 0 Å². The first kappa shape index (κ1) is 20.2. The van der Waals surface area contributed by atoms with E-state index in [1.54, 1.807) is 24.3 Å². The molecule has 0 saturated carbocycles. The summed E-state index contributed by atoms with van der Waals surface area (Å²) in [5.41, 5.74) is 0.810. The van der Waals surface area contributed by atoms with Gasteiger partial charge in [-0.1, -0.05) is 23.7 Å². The lowest BCUT2D eigenvalue weighted by Crippen LogP contribution is -2.44. The molecule has 2 aromatic rings. The van der Waals surface area contributed by atoms with E-state index in [9.17, 15) is 17.6 Å². The highest BCUT2D eigenvalue weighted by atomic mass is 35.5. The summed E-state index contributed by atoms with van der Waals surface area (Å²) in [6.45, 7) is 1.60. The third-order valence-electron chi connectivity index (χ3n) is 3.52. The summed E-state index contributed by atoms with van der Waals surface area (Å²) in [7, 11) is -2.88. The standard InChI is InChI=1S/C17H18ClFN2O4S/c1-11(17(22)20-10-12-3-5-13(18)6-4-12)21-26(23,24)16-9-14(19)7-8-15(16)25-2/h3-9,11,21H,10H2,1-2H3,(H,20,22). The molecule has 6 nitrogen and oxygen atoms in total. The summed E-state index contributed by atoms with van der Waals surface area (Å²) in [6.07, 6.45) is 0. The summed E-state index contributed by atoms with van der Waals surface area (Å²) >= 11 is 5.79. The molecular weight excluding hydrogens is 383 g/mol. The van der Waals surface area contributed by atoms with Gasteiger partial charge in [-0.15, -0.1) is 0 Å². The second kappa shape index (κ2) is 8.48. The van der Waals surface area contributed by atoms with Crippen molar-refractivity contribution in [2.45, 2.75) is 24.4 Å². The van der Waals surface area contributed by atoms with Crippen LogP contribution in [0.15, 0.2) is 47.4 Å². The molecule has 140 valence electrons. The summed E-state index contributed by atoms with van der Waals surface area (Å²) < 4.78 is 45.4. The Morgan fingerprint density at radius 1 is 1.23 bits per heavy atom. The van der Waals surface area contributed by atoms with Crippen molar-refractivity contribution in [2.75, 3.05) is 7.11 Å². The van der Waals surface area contributed by atoms with Crippen LogP contribution in [0.2, 0.25) is 5.02 Å². The molecule has 1 amide bonds. The monoisotopic (exact) mass is 400 g/mol. The van der Waals surface area contributed by atoms with E-state index in [1.165, 1.54) is 20.1 Å². The summed E-state index contributed by atoms with van der Waals surface area (Å²) in [4.78, 5) is 11.8. The lowest BCUT2D eigenvalue weighted by Gasteiger charge is -2.16. The number of hydrogen-bond donors (Lipinski definition) is 2. The average molecular weight is 401 g/mol. The number of carbonyl (C=O) groups is 1. The van der Waals surface area contributed by atoms with Crippen molar-refractivity contribution < 1.29 is 22.3 Å². The van der Waals surface area contributed by atoms with Gasteiger partial charge < -0.3 is 10.1 Å². The van der Waals surface area contributed by atoms with E-state index in [-0.39, 0.29) is 17.2 Å². The zero-order valence-corrected chi connectivity index (χ0v) is 15.7. The minimum atomic E-state index is -4.15. The maximum absolute atomic E-state index is 13.4. The van der Waals surface area contributed by atoms with Gasteiger partial charge in [0.1, 0.15) is 16.5 Å². The van der Waals surface area contributed by atoms with E-state index in [0.717, 1.165) is 17.7 Å². The molecule has 0 aliphatic rings. The molecule has 0 spiro atoms. The van der Waals surface area contributed by atoms with Crippen LogP contribution in [-0.4, -0.2) is 27.5 Å². The van der Waals surface area contributed by atoms with Crippen molar-refractivity contribution in [2.24, 2.45) is 0 Å². The molecule has 0 fully saturated rings. The highest BCUT2D eigenvalue weighted by Crippen LogP contribution is 2.24. The van der Waals surface area contributed by atoms with Gasteiger partial charge in [-0.25, -0.2) is 12.8 Å². The van der Waals surface area contributed by atoms with Crippen molar-refractivity contribution in [1.29, 1.82) is 0 Å². The number of sulfonamides is 1. The molecule has 9 heteroatoms. The molecule has 0 aliphatic carbocycles. The third kappa shape index (κ3) is 5.17. The number of rotatable bonds is 7. The predicted octanol–water partition coefficient (Wildman–Crippen LogP) is 2.47. The van der Waals surface area contributed by atoms with E-state index >= 15 is 0 Å². The van der Waals surface area contributed by atoms with Gasteiger partial charge in [0.15, 0.2) is 0 Å². The van der Waals surface area contributed by atoms with Gasteiger partial charge in [-0.2, -0.15) is 4.72 Å². The van der Waals surface area contributed by atoms with Crippen LogP contribution in [0.1, 0.15) is 12.5 Å². The molecular formula is C17H18ClFN2O4S. The number of amides is 1. The lowest BCUT2D eigenvalue weighted by atomic mass is 10.2. The molecule has 0 radical (unpaired) electrons. The maximum Gasteiger partial charge on any atom is 0.245 e. The van der Waals surface area contributed by atoms with Crippen LogP contribution in [0.25, 0.3) is 0 Å². The topological polar surface area (TPSA) is 84.5 Å². The van der Waals surface area contributed by atoms with Crippen molar-refractivity contribution in [3.63, 3.8) is 0 Å². The Morgan fingerprint density at radius 2 is 1.88 bits per heavy atom. The first-order valence-electron chi connectivity index (χ1n) is 7.61. The van der Waals surface area contributed by atoms with E-state index < -0.39 is 27.8 Å². The zero-order valence-electron chi connectivity index (χ0n) is 14.1. The summed E-state index contributed by atoms with van der Waals surface area (Å²) in [6, 6.07) is 8.91. The lowest BCUT2D eigenvalue weighted by molar-refractivity contribution is -0.122. The van der Waals surface area contributed by atoms with Crippen LogP contribution < -0.4 is 14.8 Å². The predicted molar refractivity (Wildman–Crippen MR) is 96.0 cm³/mol. The van der Waals surface area contributed by atoms with Crippen LogP contribution in [0, 0.1) is 5.82 Å². The molecule has 1 atom stereocenters. The fourth-order valence-electron chi connectivity index (χ4n) is 2.15. The van der Waals surface area contributed by atoms with Crippen molar-refractivity contribution in [3.05, 3.63) is 58.9 Å². The van der Waals surface area contributed by atoms with Crippen LogP contribution >= 0.6 is 11.6 Å². The van der Waals surface area contributed by atoms with Gasteiger partial charge in [-0.05, 0) is 42.8 Å². The van der Waals surface area contributed by atoms with Gasteiger partial charge in [0.05, 0.1) is 13.2 Å². The van der Waals surface area contributed by atoms with Gasteiger partial charge in [-0.3, -0.25) is 4.79 Å². The number of nitrogens with one attached hydrogen (secondary N) is 2. The minimum Gasteiger partial charge on any atom is -0.495 e. The first-order valence-corrected chi connectivity index (χ1v) is 9.47. The summed E-state index contributed by atoms with van der Waals surface area (Å²) in [5, 5.41) is 3.19. The third-order valence-corrected chi connectivity index (χ3v) is 5.33. The Balaban J connectivity index is 2.05. The molecule has 2 aromatic carbocycles. The quantitative estimate of drug-likeness (QED) is 0.747. The van der Waals surface area contributed by atoms with Gasteiger partial charge in [0.25, 0.3) is 0 Å². The van der Waals surface area contributed by atoms with Crippen LogP contribution in [0.4, 0.5) is 4.39 Å². The average Bonchev–Trinajstić information content (AvgIpc) is 2.60. The van der Waals surface area contributed by atoms with Crippen LogP contribution in [0.3, 0.4) is 0 Å². The SMILES string of the molecule is COc1ccc(F)cc1S(=O)(=O)NC(C)C(=O)NCc1ccc(Cl)cc1. The Labute approximate surface area is 156 Å². The number of benzene rings is 2. The molecule has 0 aromatic heterocycles. The van der Waals surface area contributed by atoms with Gasteiger partial charge in [0.2, 0.25) is 15.9 Å². The molecule has 0 bridgehead atoms. The number of ether oxygens (including phenoxy) is 1. The second-order valence-electron chi connectivity index (χ2n) is 5.48. The molecule has 0 saturated heterocycles. The smallest absolute Gasteiger partial charge is 0.245 e. The van der Waals surface area contributed by atoms with Crippen molar-refractivity contribution >= 4 is 27.5 Å². The molecule has 2 rings (SSSR count). The zero-order chi connectivity index (χ0) is 19.3. The molecule has 0 heterocycles. The normalized spacial score (nSPS) is 12.5. The van der Waals surface area contributed by atoms with Crippen LogP contribution in [-0.2, 0) is 21.4 Å². The highest BCUT2D eigenvalue weighted by molar-refractivity contribution is 7.89. The fourth-order valence-corrected chi connectivity index (χ4v) is 3.66.